The molecule has 1 fully saturated rings. The summed E-state index contributed by atoms with van der Waals surface area (Å²) in [4.78, 5) is 2.70. The van der Waals surface area contributed by atoms with E-state index in [2.05, 4.69) is 58.7 Å². The van der Waals surface area contributed by atoms with Crippen molar-refractivity contribution in [2.45, 2.75) is 67.0 Å². The van der Waals surface area contributed by atoms with E-state index in [1.807, 2.05) is 0 Å². The maximum atomic E-state index is 3.72. The summed E-state index contributed by atoms with van der Waals surface area (Å²) < 4.78 is 0. The zero-order valence-electron chi connectivity index (χ0n) is 13.6. The molecule has 1 N–H and O–H groups in total. The van der Waals surface area contributed by atoms with Gasteiger partial charge in [0.15, 0.2) is 0 Å². The predicted molar refractivity (Wildman–Crippen MR) is 80.9 cm³/mol. The number of rotatable bonds is 4. The van der Waals surface area contributed by atoms with Crippen molar-refractivity contribution in [2.24, 2.45) is 17.3 Å². The zero-order valence-corrected chi connectivity index (χ0v) is 13.6. The normalized spacial score (nSPS) is 30.2. The first-order chi connectivity index (χ1) is 8.25. The molecule has 0 aliphatic carbocycles. The summed E-state index contributed by atoms with van der Waals surface area (Å²) >= 11 is 0. The molecule has 1 aliphatic rings. The molecule has 0 aromatic rings. The predicted octanol–water partition coefficient (Wildman–Crippen LogP) is 3.38. The SMILES string of the molecule is CCC(C)C1CN(CC(C)C(C)(C)C)C(C)CN1. The summed E-state index contributed by atoms with van der Waals surface area (Å²) in [6.45, 7) is 20.1. The molecule has 2 nitrogen and oxygen atoms in total. The molecule has 0 aromatic carbocycles. The van der Waals surface area contributed by atoms with Crippen molar-refractivity contribution in [1.29, 1.82) is 0 Å². The van der Waals surface area contributed by atoms with Crippen LogP contribution >= 0.6 is 0 Å². The molecule has 0 aromatic heterocycles. The molecule has 0 amide bonds. The first-order valence-electron chi connectivity index (χ1n) is 7.73. The fraction of sp³-hybridized carbons (Fsp3) is 1.00. The fourth-order valence-corrected chi connectivity index (χ4v) is 2.49. The Morgan fingerprint density at radius 1 is 1.28 bits per heavy atom. The topological polar surface area (TPSA) is 15.3 Å². The minimum Gasteiger partial charge on any atom is -0.311 e. The quantitative estimate of drug-likeness (QED) is 0.827. The number of hydrogen-bond donors (Lipinski definition) is 1. The van der Waals surface area contributed by atoms with Crippen LogP contribution in [-0.4, -0.2) is 36.6 Å². The van der Waals surface area contributed by atoms with Gasteiger partial charge in [0, 0.05) is 31.7 Å². The third kappa shape index (κ3) is 4.24. The summed E-state index contributed by atoms with van der Waals surface area (Å²) in [5.74, 6) is 1.53. The second-order valence-corrected chi connectivity index (χ2v) is 7.47. The van der Waals surface area contributed by atoms with Crippen LogP contribution in [0.4, 0.5) is 0 Å². The van der Waals surface area contributed by atoms with E-state index in [9.17, 15) is 0 Å². The van der Waals surface area contributed by atoms with Gasteiger partial charge in [-0.2, -0.15) is 0 Å². The third-order valence-electron chi connectivity index (χ3n) is 5.05. The van der Waals surface area contributed by atoms with Gasteiger partial charge >= 0.3 is 0 Å². The number of nitrogens with one attached hydrogen (secondary N) is 1. The van der Waals surface area contributed by atoms with Crippen molar-refractivity contribution in [3.8, 4) is 0 Å². The van der Waals surface area contributed by atoms with Crippen molar-refractivity contribution in [1.82, 2.24) is 10.2 Å². The van der Waals surface area contributed by atoms with Crippen LogP contribution in [0.25, 0.3) is 0 Å². The molecule has 4 unspecified atom stereocenters. The molecule has 0 saturated carbocycles. The lowest BCUT2D eigenvalue weighted by Crippen LogP contribution is -2.58. The number of hydrogen-bond acceptors (Lipinski definition) is 2. The summed E-state index contributed by atoms with van der Waals surface area (Å²) in [5.41, 5.74) is 0.413. The summed E-state index contributed by atoms with van der Waals surface area (Å²) in [6, 6.07) is 1.36. The van der Waals surface area contributed by atoms with Gasteiger partial charge in [0.2, 0.25) is 0 Å². The summed E-state index contributed by atoms with van der Waals surface area (Å²) in [7, 11) is 0. The average molecular weight is 254 g/mol. The van der Waals surface area contributed by atoms with Crippen LogP contribution in [0, 0.1) is 17.3 Å². The van der Waals surface area contributed by atoms with Gasteiger partial charge in [-0.25, -0.2) is 0 Å². The molecule has 18 heavy (non-hydrogen) atoms. The second kappa shape index (κ2) is 6.38. The van der Waals surface area contributed by atoms with E-state index in [4.69, 9.17) is 0 Å². The first kappa shape index (κ1) is 16.0. The molecule has 0 bridgehead atoms. The Morgan fingerprint density at radius 3 is 2.39 bits per heavy atom. The average Bonchev–Trinajstić information content (AvgIpc) is 2.29. The van der Waals surface area contributed by atoms with E-state index in [0.717, 1.165) is 18.4 Å². The molecule has 0 spiro atoms. The molecule has 1 rings (SSSR count). The molecule has 0 radical (unpaired) electrons. The Hall–Kier alpha value is -0.0800. The Kier molecular flexibility index (Phi) is 5.67. The van der Waals surface area contributed by atoms with Gasteiger partial charge in [0.1, 0.15) is 0 Å². The minimum atomic E-state index is 0.413. The van der Waals surface area contributed by atoms with E-state index in [-0.39, 0.29) is 0 Å². The van der Waals surface area contributed by atoms with Crippen molar-refractivity contribution in [3.63, 3.8) is 0 Å². The highest BCUT2D eigenvalue weighted by Crippen LogP contribution is 2.27. The van der Waals surface area contributed by atoms with Gasteiger partial charge in [-0.3, -0.25) is 4.90 Å². The number of piperazine rings is 1. The van der Waals surface area contributed by atoms with Crippen LogP contribution in [0.2, 0.25) is 0 Å². The highest BCUT2D eigenvalue weighted by molar-refractivity contribution is 4.88. The highest BCUT2D eigenvalue weighted by atomic mass is 15.2. The molecule has 2 heteroatoms. The van der Waals surface area contributed by atoms with Gasteiger partial charge in [-0.15, -0.1) is 0 Å². The van der Waals surface area contributed by atoms with Gasteiger partial charge < -0.3 is 5.32 Å². The molecule has 1 aliphatic heterocycles. The van der Waals surface area contributed by atoms with Gasteiger partial charge in [0.25, 0.3) is 0 Å². The lowest BCUT2D eigenvalue weighted by Gasteiger charge is -2.43. The lowest BCUT2D eigenvalue weighted by atomic mass is 9.81. The highest BCUT2D eigenvalue weighted by Gasteiger charge is 2.30. The van der Waals surface area contributed by atoms with E-state index in [1.165, 1.54) is 19.5 Å². The van der Waals surface area contributed by atoms with Crippen molar-refractivity contribution in [2.75, 3.05) is 19.6 Å². The van der Waals surface area contributed by atoms with Gasteiger partial charge in [-0.1, -0.05) is 48.0 Å². The van der Waals surface area contributed by atoms with Crippen LogP contribution < -0.4 is 5.32 Å². The fourth-order valence-electron chi connectivity index (χ4n) is 2.49. The first-order valence-corrected chi connectivity index (χ1v) is 7.73. The van der Waals surface area contributed by atoms with Crippen LogP contribution in [0.5, 0.6) is 0 Å². The van der Waals surface area contributed by atoms with Gasteiger partial charge in [-0.05, 0) is 24.2 Å². The third-order valence-corrected chi connectivity index (χ3v) is 5.05. The van der Waals surface area contributed by atoms with Crippen molar-refractivity contribution >= 4 is 0 Å². The van der Waals surface area contributed by atoms with Crippen LogP contribution in [0.3, 0.4) is 0 Å². The number of nitrogens with zero attached hydrogens (tertiary/aromatic N) is 1. The van der Waals surface area contributed by atoms with Crippen molar-refractivity contribution in [3.05, 3.63) is 0 Å². The summed E-state index contributed by atoms with van der Waals surface area (Å²) in [5, 5.41) is 3.72. The van der Waals surface area contributed by atoms with E-state index in [1.54, 1.807) is 0 Å². The van der Waals surface area contributed by atoms with E-state index in [0.29, 0.717) is 17.5 Å². The second-order valence-electron chi connectivity index (χ2n) is 7.47. The Balaban J connectivity index is 2.57. The monoisotopic (exact) mass is 254 g/mol. The van der Waals surface area contributed by atoms with E-state index >= 15 is 0 Å². The largest absolute Gasteiger partial charge is 0.311 e. The molecular formula is C16H34N2. The minimum absolute atomic E-state index is 0.413. The molecule has 1 saturated heterocycles. The van der Waals surface area contributed by atoms with Crippen molar-refractivity contribution < 1.29 is 0 Å². The molecule has 4 atom stereocenters. The molecular weight excluding hydrogens is 220 g/mol. The van der Waals surface area contributed by atoms with Crippen LogP contribution in [0.1, 0.15) is 54.9 Å². The Bertz CT molecular complexity index is 244. The maximum absolute atomic E-state index is 3.72. The van der Waals surface area contributed by atoms with Crippen LogP contribution in [0.15, 0.2) is 0 Å². The zero-order chi connectivity index (χ0) is 13.9. The van der Waals surface area contributed by atoms with Crippen LogP contribution in [-0.2, 0) is 0 Å². The Labute approximate surface area is 115 Å². The lowest BCUT2D eigenvalue weighted by molar-refractivity contribution is 0.0781. The Morgan fingerprint density at radius 2 is 1.89 bits per heavy atom. The summed E-state index contributed by atoms with van der Waals surface area (Å²) in [6.07, 6.45) is 1.27. The maximum Gasteiger partial charge on any atom is 0.0221 e. The molecule has 108 valence electrons. The van der Waals surface area contributed by atoms with Gasteiger partial charge in [0.05, 0.1) is 0 Å². The molecule has 1 heterocycles. The standard InChI is InChI=1S/C16H34N2/c1-8-12(2)15-11-18(14(4)9-17-15)10-13(3)16(5,6)7/h12-15,17H,8-11H2,1-7H3. The smallest absolute Gasteiger partial charge is 0.0221 e. The van der Waals surface area contributed by atoms with E-state index < -0.39 is 0 Å².